The molecule has 0 radical (unpaired) electrons. The first-order chi connectivity index (χ1) is 10.5. The van der Waals surface area contributed by atoms with Gasteiger partial charge in [0.2, 0.25) is 0 Å². The van der Waals surface area contributed by atoms with Crippen molar-refractivity contribution in [3.05, 3.63) is 42.4 Å². The van der Waals surface area contributed by atoms with Crippen LogP contribution in [0.2, 0.25) is 0 Å². The highest BCUT2D eigenvalue weighted by Crippen LogP contribution is 2.30. The van der Waals surface area contributed by atoms with Gasteiger partial charge in [0, 0.05) is 46.5 Å². The molecule has 2 aromatic heterocycles. The van der Waals surface area contributed by atoms with Crippen LogP contribution in [-0.2, 0) is 6.54 Å². The third-order valence-corrected chi connectivity index (χ3v) is 3.54. The number of fused-ring (bicyclic) bond motifs is 1. The molecule has 112 valence electrons. The van der Waals surface area contributed by atoms with Crippen LogP contribution in [0.5, 0.6) is 0 Å². The first kappa shape index (κ1) is 14.4. The molecule has 0 unspecified atom stereocenters. The van der Waals surface area contributed by atoms with E-state index >= 15 is 0 Å². The van der Waals surface area contributed by atoms with Crippen molar-refractivity contribution in [2.45, 2.75) is 32.9 Å². The van der Waals surface area contributed by atoms with Crippen LogP contribution >= 0.6 is 0 Å². The Morgan fingerprint density at radius 2 is 2.18 bits per heavy atom. The number of aryl methyl sites for hydroxylation is 1. The summed E-state index contributed by atoms with van der Waals surface area (Å²) >= 11 is 0. The van der Waals surface area contributed by atoms with Crippen LogP contribution < -0.4 is 0 Å². The van der Waals surface area contributed by atoms with Gasteiger partial charge in [0.25, 0.3) is 0 Å². The van der Waals surface area contributed by atoms with E-state index in [2.05, 4.69) is 51.9 Å². The van der Waals surface area contributed by atoms with E-state index in [9.17, 15) is 5.11 Å². The number of hydrogen-bond acceptors (Lipinski definition) is 2. The Balaban J connectivity index is 2.17. The zero-order valence-electron chi connectivity index (χ0n) is 13.0. The van der Waals surface area contributed by atoms with Crippen LogP contribution in [-0.4, -0.2) is 25.5 Å². The first-order valence-electron chi connectivity index (χ1n) is 7.35. The van der Waals surface area contributed by atoms with Gasteiger partial charge in [0.1, 0.15) is 5.60 Å². The summed E-state index contributed by atoms with van der Waals surface area (Å²) in [6, 6.07) is 6.14. The zero-order chi connectivity index (χ0) is 15.7. The monoisotopic (exact) mass is 293 g/mol. The van der Waals surface area contributed by atoms with Gasteiger partial charge in [-0.1, -0.05) is 11.8 Å². The van der Waals surface area contributed by atoms with Gasteiger partial charge < -0.3 is 9.67 Å². The molecule has 0 fully saturated rings. The average Bonchev–Trinajstić information content (AvgIpc) is 3.10. The van der Waals surface area contributed by atoms with Crippen LogP contribution in [0.25, 0.3) is 22.0 Å². The molecule has 0 saturated heterocycles. The van der Waals surface area contributed by atoms with Crippen molar-refractivity contribution in [1.82, 2.24) is 14.8 Å². The van der Waals surface area contributed by atoms with Gasteiger partial charge in [0.05, 0.1) is 6.20 Å². The maximum absolute atomic E-state index is 9.75. The average molecular weight is 293 g/mol. The minimum Gasteiger partial charge on any atom is -0.378 e. The van der Waals surface area contributed by atoms with Gasteiger partial charge in [-0.2, -0.15) is 5.10 Å². The number of hydrogen-bond donors (Lipinski definition) is 2. The van der Waals surface area contributed by atoms with Crippen LogP contribution in [0.15, 0.2) is 36.8 Å². The van der Waals surface area contributed by atoms with E-state index in [0.29, 0.717) is 0 Å². The number of rotatable bonds is 2. The quantitative estimate of drug-likeness (QED) is 0.713. The smallest absolute Gasteiger partial charge is 0.120 e. The summed E-state index contributed by atoms with van der Waals surface area (Å²) in [5, 5.41) is 17.8. The molecule has 0 amide bonds. The number of nitrogens with one attached hydrogen (secondary N) is 1. The van der Waals surface area contributed by atoms with Gasteiger partial charge in [-0.05, 0) is 39.0 Å². The molecule has 22 heavy (non-hydrogen) atoms. The Kier molecular flexibility index (Phi) is 3.51. The van der Waals surface area contributed by atoms with E-state index < -0.39 is 5.60 Å². The van der Waals surface area contributed by atoms with Gasteiger partial charge >= 0.3 is 0 Å². The van der Waals surface area contributed by atoms with Gasteiger partial charge in [-0.3, -0.25) is 5.10 Å². The largest absolute Gasteiger partial charge is 0.378 e. The Labute approximate surface area is 129 Å². The molecule has 0 aliphatic rings. The molecule has 0 aliphatic carbocycles. The molecule has 0 atom stereocenters. The molecule has 0 aliphatic heterocycles. The predicted octanol–water partition coefficient (Wildman–Crippen LogP) is 3.17. The fraction of sp³-hybridized carbons (Fsp3) is 0.278. The van der Waals surface area contributed by atoms with E-state index in [1.54, 1.807) is 13.8 Å². The van der Waals surface area contributed by atoms with Gasteiger partial charge in [-0.15, -0.1) is 0 Å². The lowest BCUT2D eigenvalue weighted by atomic mass is 10.0. The van der Waals surface area contributed by atoms with E-state index in [4.69, 9.17) is 0 Å². The van der Waals surface area contributed by atoms with E-state index in [1.165, 1.54) is 5.52 Å². The molecule has 2 N–H and O–H groups in total. The standard InChI is InChI=1S/C18H19N3O/c1-4-21-12-16(14-10-19-20-11-14)15-9-13(5-6-17(15)21)7-8-18(2,3)22/h5-6,9-12,22H,4H2,1-3H3,(H,19,20). The minimum absolute atomic E-state index is 0.897. The fourth-order valence-corrected chi connectivity index (χ4v) is 2.49. The molecule has 1 aromatic carbocycles. The topological polar surface area (TPSA) is 53.8 Å². The minimum atomic E-state index is -0.988. The molecular weight excluding hydrogens is 274 g/mol. The highest BCUT2D eigenvalue weighted by Gasteiger charge is 2.11. The van der Waals surface area contributed by atoms with Crippen molar-refractivity contribution in [2.24, 2.45) is 0 Å². The lowest BCUT2D eigenvalue weighted by molar-refractivity contribution is 0.143. The number of H-pyrrole nitrogens is 1. The van der Waals surface area contributed by atoms with Crippen LogP contribution in [0.4, 0.5) is 0 Å². The van der Waals surface area contributed by atoms with E-state index in [1.807, 2.05) is 18.5 Å². The molecule has 0 saturated carbocycles. The number of aliphatic hydroxyl groups is 1. The molecule has 4 nitrogen and oxygen atoms in total. The molecule has 0 bridgehead atoms. The highest BCUT2D eigenvalue weighted by molar-refractivity contribution is 5.96. The zero-order valence-corrected chi connectivity index (χ0v) is 13.0. The fourth-order valence-electron chi connectivity index (χ4n) is 2.49. The summed E-state index contributed by atoms with van der Waals surface area (Å²) in [6.07, 6.45) is 5.86. The highest BCUT2D eigenvalue weighted by atomic mass is 16.3. The second-order valence-corrected chi connectivity index (χ2v) is 5.86. The summed E-state index contributed by atoms with van der Waals surface area (Å²) in [4.78, 5) is 0. The molecule has 3 rings (SSSR count). The molecule has 0 spiro atoms. The van der Waals surface area contributed by atoms with Gasteiger partial charge in [0.15, 0.2) is 0 Å². The second-order valence-electron chi connectivity index (χ2n) is 5.86. The van der Waals surface area contributed by atoms with Crippen LogP contribution in [0, 0.1) is 11.8 Å². The maximum atomic E-state index is 9.75. The summed E-state index contributed by atoms with van der Waals surface area (Å²) < 4.78 is 2.21. The Hall–Kier alpha value is -2.51. The second kappa shape index (κ2) is 5.36. The molecule has 2 heterocycles. The van der Waals surface area contributed by atoms with Crippen molar-refractivity contribution >= 4 is 10.9 Å². The van der Waals surface area contributed by atoms with Crippen molar-refractivity contribution < 1.29 is 5.11 Å². The van der Waals surface area contributed by atoms with E-state index in [0.717, 1.165) is 28.6 Å². The SMILES string of the molecule is CCn1cc(-c2cn[nH]c2)c2cc(C#CC(C)(C)O)ccc21. The van der Waals surface area contributed by atoms with Crippen molar-refractivity contribution in [2.75, 3.05) is 0 Å². The number of aromatic amines is 1. The summed E-state index contributed by atoms with van der Waals surface area (Å²) in [5.74, 6) is 5.90. The number of benzene rings is 1. The maximum Gasteiger partial charge on any atom is 0.120 e. The van der Waals surface area contributed by atoms with Crippen molar-refractivity contribution in [3.63, 3.8) is 0 Å². The summed E-state index contributed by atoms with van der Waals surface area (Å²) in [6.45, 7) is 6.40. The van der Waals surface area contributed by atoms with Gasteiger partial charge in [-0.25, -0.2) is 0 Å². The first-order valence-corrected chi connectivity index (χ1v) is 7.35. The predicted molar refractivity (Wildman–Crippen MR) is 88.4 cm³/mol. The third kappa shape index (κ3) is 2.76. The molecule has 4 heteroatoms. The van der Waals surface area contributed by atoms with Crippen molar-refractivity contribution in [1.29, 1.82) is 0 Å². The lowest BCUT2D eigenvalue weighted by Crippen LogP contribution is -2.14. The Morgan fingerprint density at radius 3 is 2.82 bits per heavy atom. The van der Waals surface area contributed by atoms with E-state index in [-0.39, 0.29) is 0 Å². The number of aromatic nitrogens is 3. The Bertz CT molecular complexity index is 855. The Morgan fingerprint density at radius 1 is 1.36 bits per heavy atom. The van der Waals surface area contributed by atoms with Crippen molar-refractivity contribution in [3.8, 4) is 23.0 Å². The molecule has 3 aromatic rings. The van der Waals surface area contributed by atoms with Crippen LogP contribution in [0.1, 0.15) is 26.3 Å². The lowest BCUT2D eigenvalue weighted by Gasteiger charge is -2.06. The molecular formula is C18H19N3O. The normalized spacial score (nSPS) is 11.5. The summed E-state index contributed by atoms with van der Waals surface area (Å²) in [5.41, 5.74) is 3.28. The third-order valence-electron chi connectivity index (χ3n) is 3.54. The van der Waals surface area contributed by atoms with Crippen LogP contribution in [0.3, 0.4) is 0 Å². The number of nitrogens with zero attached hydrogens (tertiary/aromatic N) is 2. The summed E-state index contributed by atoms with van der Waals surface area (Å²) in [7, 11) is 0.